The van der Waals surface area contributed by atoms with Gasteiger partial charge in [-0.2, -0.15) is 0 Å². The fourth-order valence-corrected chi connectivity index (χ4v) is 3.21. The molecule has 3 N–H and O–H groups in total. The largest absolute Gasteiger partial charge is 0.342 e. The highest BCUT2D eigenvalue weighted by molar-refractivity contribution is 5.74. The third-order valence-corrected chi connectivity index (χ3v) is 4.23. The van der Waals surface area contributed by atoms with Crippen molar-refractivity contribution in [1.82, 2.24) is 9.97 Å². The van der Waals surface area contributed by atoms with E-state index >= 15 is 0 Å². The van der Waals surface area contributed by atoms with E-state index in [1.807, 2.05) is 12.1 Å². The average molecular weight is 243 g/mol. The fraction of sp³-hybridized carbons (Fsp3) is 0.533. The van der Waals surface area contributed by atoms with E-state index in [-0.39, 0.29) is 0 Å². The van der Waals surface area contributed by atoms with Crippen LogP contribution in [0.4, 0.5) is 0 Å². The second-order valence-corrected chi connectivity index (χ2v) is 5.38. The Bertz CT molecular complexity index is 478. The van der Waals surface area contributed by atoms with E-state index in [1.54, 1.807) is 0 Å². The van der Waals surface area contributed by atoms with E-state index in [4.69, 9.17) is 10.7 Å². The van der Waals surface area contributed by atoms with Gasteiger partial charge in [0.2, 0.25) is 0 Å². The Hall–Kier alpha value is -1.35. The summed E-state index contributed by atoms with van der Waals surface area (Å²) >= 11 is 0. The first-order valence-corrected chi connectivity index (χ1v) is 7.03. The van der Waals surface area contributed by atoms with Gasteiger partial charge in [-0.25, -0.2) is 4.98 Å². The van der Waals surface area contributed by atoms with Crippen molar-refractivity contribution < 1.29 is 0 Å². The van der Waals surface area contributed by atoms with Gasteiger partial charge in [0.05, 0.1) is 11.0 Å². The summed E-state index contributed by atoms with van der Waals surface area (Å²) in [5.74, 6) is 2.20. The summed E-state index contributed by atoms with van der Waals surface area (Å²) in [6, 6.07) is 8.22. The molecule has 1 aliphatic carbocycles. The van der Waals surface area contributed by atoms with Crippen LogP contribution in [0.5, 0.6) is 0 Å². The van der Waals surface area contributed by atoms with Crippen molar-refractivity contribution in [3.05, 3.63) is 30.1 Å². The number of nitrogens with one attached hydrogen (secondary N) is 1. The minimum atomic E-state index is 0.401. The van der Waals surface area contributed by atoms with E-state index in [9.17, 15) is 0 Å². The summed E-state index contributed by atoms with van der Waals surface area (Å²) in [4.78, 5) is 8.18. The predicted octanol–water partition coefficient (Wildman–Crippen LogP) is 3.19. The number of aromatic nitrogens is 2. The van der Waals surface area contributed by atoms with Crippen molar-refractivity contribution in [1.29, 1.82) is 0 Å². The number of benzene rings is 1. The van der Waals surface area contributed by atoms with Gasteiger partial charge in [-0.05, 0) is 30.9 Å². The molecule has 1 unspecified atom stereocenters. The number of fused-ring (bicyclic) bond motifs is 1. The highest BCUT2D eigenvalue weighted by atomic mass is 14.9. The van der Waals surface area contributed by atoms with Gasteiger partial charge in [-0.15, -0.1) is 0 Å². The zero-order valence-electron chi connectivity index (χ0n) is 10.7. The van der Waals surface area contributed by atoms with Crippen molar-refractivity contribution in [2.24, 2.45) is 11.7 Å². The number of nitrogens with two attached hydrogens (primary N) is 1. The number of hydrogen-bond donors (Lipinski definition) is 2. The van der Waals surface area contributed by atoms with Crippen LogP contribution < -0.4 is 5.73 Å². The SMILES string of the molecule is NCC(c1nc2ccccc2[nH]1)C1CCCCC1. The molecule has 1 fully saturated rings. The van der Waals surface area contributed by atoms with Crippen LogP contribution in [-0.4, -0.2) is 16.5 Å². The van der Waals surface area contributed by atoms with Gasteiger partial charge in [-0.3, -0.25) is 0 Å². The van der Waals surface area contributed by atoms with Crippen LogP contribution in [0.2, 0.25) is 0 Å². The highest BCUT2D eigenvalue weighted by Crippen LogP contribution is 2.34. The van der Waals surface area contributed by atoms with Crippen LogP contribution >= 0.6 is 0 Å². The topological polar surface area (TPSA) is 54.7 Å². The third kappa shape index (κ3) is 2.15. The zero-order valence-corrected chi connectivity index (χ0v) is 10.7. The Morgan fingerprint density at radius 2 is 2.00 bits per heavy atom. The first-order chi connectivity index (χ1) is 8.88. The Morgan fingerprint density at radius 1 is 1.22 bits per heavy atom. The van der Waals surface area contributed by atoms with Gasteiger partial charge < -0.3 is 10.7 Å². The van der Waals surface area contributed by atoms with Crippen molar-refractivity contribution in [3.63, 3.8) is 0 Å². The van der Waals surface area contributed by atoms with Gasteiger partial charge in [0.15, 0.2) is 0 Å². The zero-order chi connectivity index (χ0) is 12.4. The van der Waals surface area contributed by atoms with Crippen LogP contribution in [0.1, 0.15) is 43.8 Å². The maximum Gasteiger partial charge on any atom is 0.111 e. The number of hydrogen-bond acceptors (Lipinski definition) is 2. The van der Waals surface area contributed by atoms with Gasteiger partial charge in [0.1, 0.15) is 5.82 Å². The summed E-state index contributed by atoms with van der Waals surface area (Å²) in [6.07, 6.45) is 6.69. The van der Waals surface area contributed by atoms with Crippen LogP contribution in [-0.2, 0) is 0 Å². The first-order valence-electron chi connectivity index (χ1n) is 7.03. The van der Waals surface area contributed by atoms with Crippen molar-refractivity contribution in [3.8, 4) is 0 Å². The molecule has 0 spiro atoms. The first kappa shape index (κ1) is 11.7. The summed E-state index contributed by atoms with van der Waals surface area (Å²) in [7, 11) is 0. The second kappa shape index (κ2) is 5.11. The molecule has 1 aliphatic rings. The molecule has 1 saturated carbocycles. The maximum atomic E-state index is 6.00. The van der Waals surface area contributed by atoms with Crippen LogP contribution in [0.3, 0.4) is 0 Å². The number of nitrogens with zero attached hydrogens (tertiary/aromatic N) is 1. The molecule has 1 atom stereocenters. The van der Waals surface area contributed by atoms with E-state index in [2.05, 4.69) is 17.1 Å². The van der Waals surface area contributed by atoms with Crippen LogP contribution in [0, 0.1) is 5.92 Å². The maximum absolute atomic E-state index is 6.00. The fourth-order valence-electron chi connectivity index (χ4n) is 3.21. The quantitative estimate of drug-likeness (QED) is 0.870. The number of aromatic amines is 1. The number of para-hydroxylation sites is 2. The summed E-state index contributed by atoms with van der Waals surface area (Å²) < 4.78 is 0. The Balaban J connectivity index is 1.90. The van der Waals surface area contributed by atoms with E-state index in [0.29, 0.717) is 18.4 Å². The Morgan fingerprint density at radius 3 is 2.72 bits per heavy atom. The summed E-state index contributed by atoms with van der Waals surface area (Å²) in [5, 5.41) is 0. The molecule has 0 bridgehead atoms. The molecule has 1 heterocycles. The molecule has 96 valence electrons. The molecule has 1 aromatic heterocycles. The van der Waals surface area contributed by atoms with Crippen molar-refractivity contribution in [2.45, 2.75) is 38.0 Å². The van der Waals surface area contributed by atoms with Crippen molar-refractivity contribution >= 4 is 11.0 Å². The molecule has 3 heteroatoms. The molecule has 18 heavy (non-hydrogen) atoms. The standard InChI is InChI=1S/C15H21N3/c16-10-12(11-6-2-1-3-7-11)15-17-13-8-4-5-9-14(13)18-15/h4-5,8-9,11-12H,1-3,6-7,10,16H2,(H,17,18). The molecule has 3 nitrogen and oxygen atoms in total. The van der Waals surface area contributed by atoms with Crippen LogP contribution in [0.25, 0.3) is 11.0 Å². The molecule has 2 aromatic rings. The van der Waals surface area contributed by atoms with E-state index < -0.39 is 0 Å². The molecule has 1 aromatic carbocycles. The average Bonchev–Trinajstić information content (AvgIpc) is 2.84. The second-order valence-electron chi connectivity index (χ2n) is 5.38. The van der Waals surface area contributed by atoms with Gasteiger partial charge in [0, 0.05) is 12.5 Å². The summed E-state index contributed by atoms with van der Waals surface area (Å²) in [5.41, 5.74) is 8.18. The Labute approximate surface area is 108 Å². The summed E-state index contributed by atoms with van der Waals surface area (Å²) in [6.45, 7) is 0.699. The molecular weight excluding hydrogens is 222 g/mol. The number of rotatable bonds is 3. The number of H-pyrrole nitrogens is 1. The number of imidazole rings is 1. The Kier molecular flexibility index (Phi) is 3.33. The smallest absolute Gasteiger partial charge is 0.111 e. The van der Waals surface area contributed by atoms with Crippen LogP contribution in [0.15, 0.2) is 24.3 Å². The monoisotopic (exact) mass is 243 g/mol. The molecule has 0 saturated heterocycles. The minimum Gasteiger partial charge on any atom is -0.342 e. The van der Waals surface area contributed by atoms with Gasteiger partial charge in [0.25, 0.3) is 0 Å². The lowest BCUT2D eigenvalue weighted by Crippen LogP contribution is -2.24. The minimum absolute atomic E-state index is 0.401. The molecule has 0 radical (unpaired) electrons. The molecule has 0 amide bonds. The molecule has 3 rings (SSSR count). The highest BCUT2D eigenvalue weighted by Gasteiger charge is 2.26. The van der Waals surface area contributed by atoms with Crippen molar-refractivity contribution in [2.75, 3.05) is 6.54 Å². The van der Waals surface area contributed by atoms with E-state index in [1.165, 1.54) is 32.1 Å². The third-order valence-electron chi connectivity index (χ3n) is 4.23. The van der Waals surface area contributed by atoms with Gasteiger partial charge in [-0.1, -0.05) is 31.4 Å². The normalized spacial score (nSPS) is 19.2. The van der Waals surface area contributed by atoms with Gasteiger partial charge >= 0.3 is 0 Å². The molecule has 0 aliphatic heterocycles. The van der Waals surface area contributed by atoms with E-state index in [0.717, 1.165) is 16.9 Å². The lowest BCUT2D eigenvalue weighted by Gasteiger charge is -2.28. The lowest BCUT2D eigenvalue weighted by molar-refractivity contribution is 0.301. The predicted molar refractivity (Wildman–Crippen MR) is 74.5 cm³/mol. The lowest BCUT2D eigenvalue weighted by atomic mass is 9.79. The molecular formula is C15H21N3.